The van der Waals surface area contributed by atoms with Crippen LogP contribution < -0.4 is 10.2 Å². The second-order valence-corrected chi connectivity index (χ2v) is 7.84. The van der Waals surface area contributed by atoms with Crippen LogP contribution in [0.2, 0.25) is 0 Å². The number of halogens is 2. The number of aryl methyl sites for hydroxylation is 2. The zero-order valence-electron chi connectivity index (χ0n) is 16.0. The highest BCUT2D eigenvalue weighted by atomic mass is 32.2. The number of nitrogens with one attached hydrogen (secondary N) is 1. The van der Waals surface area contributed by atoms with Crippen LogP contribution >= 0.6 is 23.1 Å². The van der Waals surface area contributed by atoms with Crippen molar-refractivity contribution in [1.29, 1.82) is 0 Å². The SMILES string of the molecule is COc1ccc(C=NNc2nc(C)cs2)cc1CSc1nc(C)cc(C(F)F)n1. The van der Waals surface area contributed by atoms with E-state index in [9.17, 15) is 8.78 Å². The molecule has 0 aliphatic rings. The summed E-state index contributed by atoms with van der Waals surface area (Å²) < 4.78 is 31.3. The van der Waals surface area contributed by atoms with E-state index in [-0.39, 0.29) is 5.69 Å². The minimum atomic E-state index is -2.63. The minimum absolute atomic E-state index is 0.267. The summed E-state index contributed by atoms with van der Waals surface area (Å²) in [5, 5.41) is 7.16. The molecule has 2 aromatic heterocycles. The van der Waals surface area contributed by atoms with Crippen LogP contribution in [0.15, 0.2) is 39.9 Å². The monoisotopic (exact) mass is 435 g/mol. The van der Waals surface area contributed by atoms with Gasteiger partial charge in [-0.1, -0.05) is 11.8 Å². The Balaban J connectivity index is 1.72. The highest BCUT2D eigenvalue weighted by Crippen LogP contribution is 2.28. The number of methoxy groups -OCH3 is 1. The number of benzene rings is 1. The van der Waals surface area contributed by atoms with Crippen LogP contribution in [-0.2, 0) is 5.75 Å². The van der Waals surface area contributed by atoms with E-state index in [1.165, 1.54) is 29.2 Å². The molecule has 1 aromatic carbocycles. The summed E-state index contributed by atoms with van der Waals surface area (Å²) >= 11 is 2.75. The maximum Gasteiger partial charge on any atom is 0.280 e. The predicted octanol–water partition coefficient (Wildman–Crippen LogP) is 5.23. The van der Waals surface area contributed by atoms with Crippen molar-refractivity contribution in [2.45, 2.75) is 31.2 Å². The zero-order valence-corrected chi connectivity index (χ0v) is 17.7. The topological polar surface area (TPSA) is 72.3 Å². The summed E-state index contributed by atoms with van der Waals surface area (Å²) in [6, 6.07) is 6.94. The maximum absolute atomic E-state index is 13.0. The molecule has 0 aliphatic heterocycles. The zero-order chi connectivity index (χ0) is 20.8. The molecule has 2 heterocycles. The van der Waals surface area contributed by atoms with Crippen LogP contribution in [0.5, 0.6) is 5.75 Å². The molecule has 0 aliphatic carbocycles. The average Bonchev–Trinajstić information content (AvgIpc) is 3.11. The maximum atomic E-state index is 13.0. The third kappa shape index (κ3) is 5.94. The van der Waals surface area contributed by atoms with E-state index in [4.69, 9.17) is 4.74 Å². The van der Waals surface area contributed by atoms with Crippen molar-refractivity contribution in [3.05, 3.63) is 57.9 Å². The molecule has 1 N–H and O–H groups in total. The lowest BCUT2D eigenvalue weighted by Crippen LogP contribution is -1.99. The summed E-state index contributed by atoms with van der Waals surface area (Å²) in [5.74, 6) is 1.16. The Hall–Kier alpha value is -2.59. The molecule has 152 valence electrons. The van der Waals surface area contributed by atoms with Crippen molar-refractivity contribution >= 4 is 34.4 Å². The van der Waals surface area contributed by atoms with Crippen LogP contribution in [0.4, 0.5) is 13.9 Å². The number of hydrogen-bond acceptors (Lipinski definition) is 8. The van der Waals surface area contributed by atoms with E-state index in [1.54, 1.807) is 20.2 Å². The lowest BCUT2D eigenvalue weighted by Gasteiger charge is -2.10. The lowest BCUT2D eigenvalue weighted by molar-refractivity contribution is 0.145. The van der Waals surface area contributed by atoms with Crippen molar-refractivity contribution in [2.24, 2.45) is 5.10 Å². The van der Waals surface area contributed by atoms with Gasteiger partial charge in [-0.25, -0.2) is 23.7 Å². The molecule has 0 spiro atoms. The number of ether oxygens (including phenoxy) is 1. The van der Waals surface area contributed by atoms with Gasteiger partial charge in [-0.2, -0.15) is 5.10 Å². The molecule has 0 atom stereocenters. The van der Waals surface area contributed by atoms with Crippen molar-refractivity contribution in [3.8, 4) is 5.75 Å². The van der Waals surface area contributed by atoms with Crippen molar-refractivity contribution in [3.63, 3.8) is 0 Å². The van der Waals surface area contributed by atoms with Gasteiger partial charge in [0.05, 0.1) is 19.0 Å². The van der Waals surface area contributed by atoms with Gasteiger partial charge in [-0.3, -0.25) is 5.43 Å². The fourth-order valence-electron chi connectivity index (χ4n) is 2.44. The number of hydrogen-bond donors (Lipinski definition) is 1. The molecule has 0 amide bonds. The van der Waals surface area contributed by atoms with E-state index < -0.39 is 6.43 Å². The molecule has 0 saturated heterocycles. The van der Waals surface area contributed by atoms with Crippen LogP contribution in [0, 0.1) is 13.8 Å². The summed E-state index contributed by atoms with van der Waals surface area (Å²) in [6.07, 6.45) is -0.943. The van der Waals surface area contributed by atoms with Crippen LogP contribution in [0.25, 0.3) is 0 Å². The summed E-state index contributed by atoms with van der Waals surface area (Å²) in [5.41, 5.74) is 5.81. The quantitative estimate of drug-likeness (QED) is 0.226. The first-order valence-corrected chi connectivity index (χ1v) is 10.5. The Morgan fingerprint density at radius 1 is 1.21 bits per heavy atom. The first-order valence-electron chi connectivity index (χ1n) is 8.59. The second kappa shape index (κ2) is 9.75. The van der Waals surface area contributed by atoms with Gasteiger partial charge in [0.25, 0.3) is 6.43 Å². The number of rotatable bonds is 8. The molecule has 0 saturated carbocycles. The molecular formula is C19H19F2N5OS2. The first-order chi connectivity index (χ1) is 13.9. The Kier molecular flexibility index (Phi) is 7.10. The van der Waals surface area contributed by atoms with Crippen molar-refractivity contribution in [1.82, 2.24) is 15.0 Å². The van der Waals surface area contributed by atoms with E-state index in [0.29, 0.717) is 22.4 Å². The number of aromatic nitrogens is 3. The van der Waals surface area contributed by atoms with E-state index in [0.717, 1.165) is 22.0 Å². The minimum Gasteiger partial charge on any atom is -0.496 e. The Morgan fingerprint density at radius 2 is 2.03 bits per heavy atom. The molecule has 0 radical (unpaired) electrons. The van der Waals surface area contributed by atoms with E-state index in [1.807, 2.05) is 30.5 Å². The highest BCUT2D eigenvalue weighted by molar-refractivity contribution is 7.98. The fraction of sp³-hybridized carbons (Fsp3) is 0.263. The van der Waals surface area contributed by atoms with Gasteiger partial charge in [-0.05, 0) is 43.7 Å². The molecule has 3 aromatic rings. The normalized spacial score (nSPS) is 11.4. The molecular weight excluding hydrogens is 416 g/mol. The molecule has 3 rings (SSSR count). The number of hydrazone groups is 1. The van der Waals surface area contributed by atoms with Crippen LogP contribution in [0.1, 0.15) is 34.6 Å². The first kappa shape index (κ1) is 21.1. The number of thioether (sulfide) groups is 1. The van der Waals surface area contributed by atoms with Crippen LogP contribution in [-0.4, -0.2) is 28.3 Å². The van der Waals surface area contributed by atoms with Gasteiger partial charge in [0.15, 0.2) is 5.16 Å². The molecule has 10 heteroatoms. The third-order valence-electron chi connectivity index (χ3n) is 3.73. The van der Waals surface area contributed by atoms with Gasteiger partial charge in [-0.15, -0.1) is 11.3 Å². The average molecular weight is 436 g/mol. The number of anilines is 1. The van der Waals surface area contributed by atoms with Gasteiger partial charge in [0.1, 0.15) is 11.4 Å². The summed E-state index contributed by atoms with van der Waals surface area (Å²) in [4.78, 5) is 12.4. The van der Waals surface area contributed by atoms with Gasteiger partial charge >= 0.3 is 0 Å². The van der Waals surface area contributed by atoms with E-state index in [2.05, 4.69) is 25.5 Å². The molecule has 0 bridgehead atoms. The van der Waals surface area contributed by atoms with Crippen molar-refractivity contribution < 1.29 is 13.5 Å². The number of nitrogens with zero attached hydrogens (tertiary/aromatic N) is 4. The van der Waals surface area contributed by atoms with Gasteiger partial charge in [0, 0.05) is 22.4 Å². The summed E-state index contributed by atoms with van der Waals surface area (Å²) in [7, 11) is 1.58. The molecule has 6 nitrogen and oxygen atoms in total. The molecule has 0 fully saturated rings. The number of alkyl halides is 2. The second-order valence-electron chi connectivity index (χ2n) is 6.04. The van der Waals surface area contributed by atoms with Crippen LogP contribution in [0.3, 0.4) is 0 Å². The Labute approximate surface area is 175 Å². The number of thiazole rings is 1. The van der Waals surface area contributed by atoms with Gasteiger partial charge < -0.3 is 4.74 Å². The van der Waals surface area contributed by atoms with Crippen molar-refractivity contribution in [2.75, 3.05) is 12.5 Å². The van der Waals surface area contributed by atoms with Gasteiger partial charge in [0.2, 0.25) is 5.13 Å². The molecule has 29 heavy (non-hydrogen) atoms. The molecule has 0 unspecified atom stereocenters. The standard InChI is InChI=1S/C19H19F2N5OS2/c1-11-6-15(17(20)21)25-18(23-11)29-10-14-7-13(4-5-16(14)27-3)8-22-26-19-24-12(2)9-28-19/h4-9,17H,10H2,1-3H3,(H,24,26). The van der Waals surface area contributed by atoms with E-state index >= 15 is 0 Å². The highest BCUT2D eigenvalue weighted by Gasteiger charge is 2.13. The largest absolute Gasteiger partial charge is 0.496 e. The summed E-state index contributed by atoms with van der Waals surface area (Å²) in [6.45, 7) is 3.59. The Bertz CT molecular complexity index is 1010. The lowest BCUT2D eigenvalue weighted by atomic mass is 10.1. The smallest absolute Gasteiger partial charge is 0.280 e. The third-order valence-corrected chi connectivity index (χ3v) is 5.49. The Morgan fingerprint density at radius 3 is 2.72 bits per heavy atom. The fourth-order valence-corrected chi connectivity index (χ4v) is 3.97. The predicted molar refractivity (Wildman–Crippen MR) is 112 cm³/mol.